The van der Waals surface area contributed by atoms with Gasteiger partial charge in [0.2, 0.25) is 0 Å². The van der Waals surface area contributed by atoms with E-state index in [1.807, 2.05) is 6.92 Å². The Morgan fingerprint density at radius 1 is 1.75 bits per heavy atom. The maximum atomic E-state index is 10.7. The highest BCUT2D eigenvalue weighted by molar-refractivity contribution is 9.11. The molecule has 1 rings (SSSR count). The minimum atomic E-state index is -0.869. The number of hydrogen-bond donors (Lipinski definition) is 1. The topological polar surface area (TPSA) is 37.3 Å². The fraction of sp³-hybridized carbons (Fsp3) is 0.286. The summed E-state index contributed by atoms with van der Waals surface area (Å²) in [6.07, 6.45) is 0. The molecule has 1 unspecified atom stereocenters. The van der Waals surface area contributed by atoms with Gasteiger partial charge in [-0.25, -0.2) is 4.79 Å². The lowest BCUT2D eigenvalue weighted by atomic mass is 10.2. The average Bonchev–Trinajstić information content (AvgIpc) is 2.30. The first-order chi connectivity index (χ1) is 5.54. The lowest BCUT2D eigenvalue weighted by molar-refractivity contribution is 0.0701. The lowest BCUT2D eigenvalue weighted by Gasteiger charge is -2.02. The number of alkyl halides is 1. The summed E-state index contributed by atoms with van der Waals surface area (Å²) in [5.41, 5.74) is 0.813. The number of aromatic carboxylic acids is 1. The second-order valence-corrected chi connectivity index (χ2v) is 5.36. The molecular formula is C7H6Br2O2S. The number of rotatable bonds is 2. The van der Waals surface area contributed by atoms with Gasteiger partial charge in [-0.2, -0.15) is 0 Å². The predicted molar refractivity (Wildman–Crippen MR) is 56.3 cm³/mol. The SMILES string of the molecule is CC(Br)c1c(Br)csc1C(=O)O. The first-order valence-corrected chi connectivity index (χ1v) is 5.77. The second kappa shape index (κ2) is 3.89. The Morgan fingerprint density at radius 2 is 2.33 bits per heavy atom. The van der Waals surface area contributed by atoms with E-state index in [0.717, 1.165) is 10.0 Å². The van der Waals surface area contributed by atoms with Crippen LogP contribution in [0.1, 0.15) is 27.0 Å². The van der Waals surface area contributed by atoms with Crippen LogP contribution in [0.2, 0.25) is 0 Å². The van der Waals surface area contributed by atoms with Gasteiger partial charge in [-0.15, -0.1) is 11.3 Å². The molecule has 0 aliphatic heterocycles. The predicted octanol–water partition coefficient (Wildman–Crippen LogP) is 3.66. The number of carbonyl (C=O) groups is 1. The Hall–Kier alpha value is 0.130. The molecule has 0 saturated carbocycles. The summed E-state index contributed by atoms with van der Waals surface area (Å²) in [5.74, 6) is -0.869. The van der Waals surface area contributed by atoms with Crippen molar-refractivity contribution < 1.29 is 9.90 Å². The van der Waals surface area contributed by atoms with Crippen molar-refractivity contribution in [3.8, 4) is 0 Å². The molecule has 1 aromatic heterocycles. The molecule has 0 aliphatic carbocycles. The third kappa shape index (κ3) is 1.89. The van der Waals surface area contributed by atoms with E-state index in [4.69, 9.17) is 5.11 Å². The number of halogens is 2. The third-order valence-electron chi connectivity index (χ3n) is 1.37. The first-order valence-electron chi connectivity index (χ1n) is 3.18. The largest absolute Gasteiger partial charge is 0.477 e. The fourth-order valence-electron chi connectivity index (χ4n) is 0.882. The molecule has 1 heterocycles. The van der Waals surface area contributed by atoms with Crippen molar-refractivity contribution in [2.24, 2.45) is 0 Å². The van der Waals surface area contributed by atoms with Gasteiger partial charge >= 0.3 is 5.97 Å². The number of thiophene rings is 1. The van der Waals surface area contributed by atoms with Crippen LogP contribution in [0.5, 0.6) is 0 Å². The van der Waals surface area contributed by atoms with E-state index in [2.05, 4.69) is 31.9 Å². The maximum Gasteiger partial charge on any atom is 0.346 e. The standard InChI is InChI=1S/C7H6Br2O2S/c1-3(8)5-4(9)2-12-6(5)7(10)11/h2-3H,1H3,(H,10,11). The Morgan fingerprint density at radius 3 is 2.67 bits per heavy atom. The molecule has 0 aromatic carbocycles. The number of hydrogen-bond acceptors (Lipinski definition) is 2. The molecule has 5 heteroatoms. The maximum absolute atomic E-state index is 10.7. The molecule has 0 saturated heterocycles. The second-order valence-electron chi connectivity index (χ2n) is 2.25. The van der Waals surface area contributed by atoms with Crippen LogP contribution in [0.25, 0.3) is 0 Å². The van der Waals surface area contributed by atoms with Crippen molar-refractivity contribution in [2.75, 3.05) is 0 Å². The minimum Gasteiger partial charge on any atom is -0.477 e. The smallest absolute Gasteiger partial charge is 0.346 e. The van der Waals surface area contributed by atoms with Crippen LogP contribution in [0.3, 0.4) is 0 Å². The number of carboxylic acids is 1. The highest BCUT2D eigenvalue weighted by Gasteiger charge is 2.18. The van der Waals surface area contributed by atoms with E-state index in [-0.39, 0.29) is 4.83 Å². The Bertz CT molecular complexity index is 306. The summed E-state index contributed by atoms with van der Waals surface area (Å²) in [7, 11) is 0. The van der Waals surface area contributed by atoms with Crippen molar-refractivity contribution >= 4 is 49.2 Å². The van der Waals surface area contributed by atoms with Crippen molar-refractivity contribution in [1.29, 1.82) is 0 Å². The van der Waals surface area contributed by atoms with E-state index >= 15 is 0 Å². The molecule has 12 heavy (non-hydrogen) atoms. The Kier molecular flexibility index (Phi) is 3.31. The summed E-state index contributed by atoms with van der Waals surface area (Å²) in [4.78, 5) is 11.2. The van der Waals surface area contributed by atoms with Gasteiger partial charge in [0.1, 0.15) is 4.88 Å². The van der Waals surface area contributed by atoms with Gasteiger partial charge < -0.3 is 5.11 Å². The van der Waals surface area contributed by atoms with E-state index < -0.39 is 5.97 Å². The van der Waals surface area contributed by atoms with Gasteiger partial charge in [0.15, 0.2) is 0 Å². The van der Waals surface area contributed by atoms with Crippen LogP contribution >= 0.6 is 43.2 Å². The lowest BCUT2D eigenvalue weighted by Crippen LogP contribution is -1.97. The van der Waals surface area contributed by atoms with Crippen molar-refractivity contribution in [2.45, 2.75) is 11.8 Å². The highest BCUT2D eigenvalue weighted by Crippen LogP contribution is 2.36. The zero-order valence-electron chi connectivity index (χ0n) is 6.17. The summed E-state index contributed by atoms with van der Waals surface area (Å²) in [6, 6.07) is 0. The molecule has 66 valence electrons. The fourth-order valence-corrected chi connectivity index (χ4v) is 3.63. The average molecular weight is 314 g/mol. The number of carboxylic acid groups (broad SMARTS) is 1. The third-order valence-corrected chi connectivity index (χ3v) is 3.77. The van der Waals surface area contributed by atoms with E-state index in [1.54, 1.807) is 5.38 Å². The van der Waals surface area contributed by atoms with Crippen LogP contribution in [0.4, 0.5) is 0 Å². The van der Waals surface area contributed by atoms with Crippen molar-refractivity contribution in [3.63, 3.8) is 0 Å². The first kappa shape index (κ1) is 10.2. The molecule has 0 fully saturated rings. The molecule has 0 spiro atoms. The summed E-state index contributed by atoms with van der Waals surface area (Å²) < 4.78 is 0.856. The zero-order valence-corrected chi connectivity index (χ0v) is 10.2. The molecule has 1 aromatic rings. The van der Waals surface area contributed by atoms with Crippen LogP contribution in [0, 0.1) is 0 Å². The monoisotopic (exact) mass is 312 g/mol. The summed E-state index contributed by atoms with van der Waals surface area (Å²) in [5, 5.41) is 10.6. The van der Waals surface area contributed by atoms with E-state index in [0.29, 0.717) is 4.88 Å². The van der Waals surface area contributed by atoms with Crippen molar-refractivity contribution in [3.05, 3.63) is 20.3 Å². The quantitative estimate of drug-likeness (QED) is 0.846. The van der Waals surface area contributed by atoms with E-state index in [1.165, 1.54) is 11.3 Å². The van der Waals surface area contributed by atoms with E-state index in [9.17, 15) is 4.79 Å². The summed E-state index contributed by atoms with van der Waals surface area (Å²) in [6.45, 7) is 1.90. The molecule has 0 bridgehead atoms. The zero-order chi connectivity index (χ0) is 9.30. The Labute approximate surface area is 90.9 Å². The van der Waals surface area contributed by atoms with Crippen LogP contribution in [-0.4, -0.2) is 11.1 Å². The molecule has 1 N–H and O–H groups in total. The van der Waals surface area contributed by atoms with Crippen LogP contribution in [0.15, 0.2) is 9.85 Å². The molecule has 0 amide bonds. The van der Waals surface area contributed by atoms with Gasteiger partial charge in [-0.1, -0.05) is 15.9 Å². The minimum absolute atomic E-state index is 0.0595. The van der Waals surface area contributed by atoms with Crippen LogP contribution < -0.4 is 0 Å². The Balaban J connectivity index is 3.21. The van der Waals surface area contributed by atoms with Gasteiger partial charge in [-0.05, 0) is 22.9 Å². The molecule has 0 radical (unpaired) electrons. The van der Waals surface area contributed by atoms with Gasteiger partial charge in [-0.3, -0.25) is 0 Å². The molecule has 0 aliphatic rings. The van der Waals surface area contributed by atoms with Crippen LogP contribution in [-0.2, 0) is 0 Å². The highest BCUT2D eigenvalue weighted by atomic mass is 79.9. The van der Waals surface area contributed by atoms with Gasteiger partial charge in [0.25, 0.3) is 0 Å². The molecule has 1 atom stereocenters. The normalized spacial score (nSPS) is 12.9. The van der Waals surface area contributed by atoms with Gasteiger partial charge in [0, 0.05) is 20.2 Å². The van der Waals surface area contributed by atoms with Crippen molar-refractivity contribution in [1.82, 2.24) is 0 Å². The summed E-state index contributed by atoms with van der Waals surface area (Å²) >= 11 is 7.88. The van der Waals surface area contributed by atoms with Gasteiger partial charge in [0.05, 0.1) is 0 Å². The molecular weight excluding hydrogens is 308 g/mol. The molecule has 2 nitrogen and oxygen atoms in total.